The van der Waals surface area contributed by atoms with Crippen molar-refractivity contribution in [3.8, 4) is 22.4 Å². The molecule has 0 radical (unpaired) electrons. The summed E-state index contributed by atoms with van der Waals surface area (Å²) in [7, 11) is 0. The lowest BCUT2D eigenvalue weighted by Crippen LogP contribution is -2.38. The number of benzene rings is 2. The van der Waals surface area contributed by atoms with E-state index < -0.39 is 5.97 Å². The molecule has 2 aliphatic rings. The summed E-state index contributed by atoms with van der Waals surface area (Å²) in [5.41, 5.74) is 10.5. The van der Waals surface area contributed by atoms with Gasteiger partial charge in [-0.1, -0.05) is 55.8 Å². The van der Waals surface area contributed by atoms with Crippen LogP contribution in [0.15, 0.2) is 54.9 Å². The van der Waals surface area contributed by atoms with Gasteiger partial charge in [0.05, 0.1) is 17.8 Å². The monoisotopic (exact) mass is 595 g/mol. The van der Waals surface area contributed by atoms with E-state index in [2.05, 4.69) is 58.7 Å². The molecule has 7 nitrogen and oxygen atoms in total. The van der Waals surface area contributed by atoms with Gasteiger partial charge in [-0.3, -0.25) is 9.78 Å². The van der Waals surface area contributed by atoms with Crippen molar-refractivity contribution in [2.75, 3.05) is 29.4 Å². The number of nitrogens with zero attached hydrogens (tertiary/aromatic N) is 5. The highest BCUT2D eigenvalue weighted by Gasteiger charge is 2.30. The quantitative estimate of drug-likeness (QED) is 0.250. The number of pyridine rings is 1. The Morgan fingerprint density at radius 3 is 2.47 bits per heavy atom. The van der Waals surface area contributed by atoms with Crippen LogP contribution in [-0.4, -0.2) is 45.7 Å². The first-order valence-corrected chi connectivity index (χ1v) is 15.4. The molecule has 0 amide bonds. The van der Waals surface area contributed by atoms with Crippen molar-refractivity contribution < 1.29 is 9.90 Å². The van der Waals surface area contributed by atoms with Crippen LogP contribution in [0.2, 0.25) is 5.02 Å². The summed E-state index contributed by atoms with van der Waals surface area (Å²) in [6.07, 6.45) is 4.61. The van der Waals surface area contributed by atoms with Gasteiger partial charge in [-0.05, 0) is 67.3 Å². The number of aryl methyl sites for hydroxylation is 2. The first-order chi connectivity index (χ1) is 20.6. The lowest BCUT2D eigenvalue weighted by molar-refractivity contribution is -0.136. The number of hydrogen-bond donors (Lipinski definition) is 1. The Hall–Kier alpha value is -3.97. The fourth-order valence-electron chi connectivity index (χ4n) is 6.49. The third-order valence-electron chi connectivity index (χ3n) is 9.02. The molecule has 2 aromatic carbocycles. The van der Waals surface area contributed by atoms with E-state index in [-0.39, 0.29) is 11.8 Å². The Labute approximate surface area is 258 Å². The molecule has 4 aromatic rings. The van der Waals surface area contributed by atoms with Crippen LogP contribution in [0.4, 0.5) is 11.5 Å². The van der Waals surface area contributed by atoms with E-state index in [1.165, 1.54) is 11.1 Å². The molecular formula is C35H38ClN5O2. The third-order valence-corrected chi connectivity index (χ3v) is 9.26. The standard InChI is InChI=1S/C35H38ClN5O2/c1-22-29(18-32(42)43)34(40-14-11-35(3,4)12-15-40)33(23(2)39-22)26-8-9-27-20-41(13-10-24(27)16-26)31-19-30(37-21-38-31)25-6-5-7-28(36)17-25/h5-9,16-17,19,21H,10-15,18,20H2,1-4H3,(H,42,43). The molecule has 8 heteroatoms. The summed E-state index contributed by atoms with van der Waals surface area (Å²) < 4.78 is 0. The number of carboxylic acid groups (broad SMARTS) is 1. The molecule has 222 valence electrons. The molecule has 0 spiro atoms. The van der Waals surface area contributed by atoms with Crippen LogP contribution in [0.3, 0.4) is 0 Å². The van der Waals surface area contributed by atoms with E-state index in [1.807, 2.05) is 37.3 Å². The first kappa shape index (κ1) is 29.1. The van der Waals surface area contributed by atoms with Crippen molar-refractivity contribution in [1.82, 2.24) is 15.0 Å². The van der Waals surface area contributed by atoms with Gasteiger partial charge in [-0.2, -0.15) is 0 Å². The predicted molar refractivity (Wildman–Crippen MR) is 173 cm³/mol. The number of rotatable bonds is 6. The molecule has 6 rings (SSSR count). The minimum absolute atomic E-state index is 0.0304. The van der Waals surface area contributed by atoms with Gasteiger partial charge in [-0.15, -0.1) is 0 Å². The topological polar surface area (TPSA) is 82.5 Å². The Bertz CT molecular complexity index is 1690. The SMILES string of the molecule is Cc1nc(C)c(-c2ccc3c(c2)CCN(c2cc(-c4cccc(Cl)c4)ncn2)C3)c(N2CCC(C)(C)CC2)c1CC(=O)O. The summed E-state index contributed by atoms with van der Waals surface area (Å²) >= 11 is 6.22. The number of carboxylic acids is 1. The van der Waals surface area contributed by atoms with E-state index >= 15 is 0 Å². The first-order valence-electron chi connectivity index (χ1n) is 15.0. The zero-order valence-corrected chi connectivity index (χ0v) is 26.1. The normalized spacial score (nSPS) is 16.2. The molecule has 1 N–H and O–H groups in total. The van der Waals surface area contributed by atoms with Crippen molar-refractivity contribution in [3.05, 3.63) is 88.0 Å². The number of halogens is 1. The van der Waals surface area contributed by atoms with Crippen LogP contribution < -0.4 is 9.80 Å². The van der Waals surface area contributed by atoms with Crippen LogP contribution in [0.1, 0.15) is 54.8 Å². The molecule has 1 saturated heterocycles. The number of anilines is 2. The van der Waals surface area contributed by atoms with Crippen molar-refractivity contribution in [2.24, 2.45) is 5.41 Å². The van der Waals surface area contributed by atoms with E-state index in [9.17, 15) is 9.90 Å². The summed E-state index contributed by atoms with van der Waals surface area (Å²) in [5, 5.41) is 10.5. The van der Waals surface area contributed by atoms with Crippen LogP contribution in [0.5, 0.6) is 0 Å². The highest BCUT2D eigenvalue weighted by molar-refractivity contribution is 6.30. The van der Waals surface area contributed by atoms with E-state index in [0.717, 1.165) is 96.3 Å². The average Bonchev–Trinajstić information content (AvgIpc) is 2.98. The van der Waals surface area contributed by atoms with Crippen LogP contribution >= 0.6 is 11.6 Å². The maximum absolute atomic E-state index is 12.0. The van der Waals surface area contributed by atoms with Crippen molar-refractivity contribution >= 4 is 29.1 Å². The van der Waals surface area contributed by atoms with Crippen LogP contribution in [0.25, 0.3) is 22.4 Å². The predicted octanol–water partition coefficient (Wildman–Crippen LogP) is 7.29. The van der Waals surface area contributed by atoms with Gasteiger partial charge in [0, 0.05) is 65.3 Å². The molecule has 43 heavy (non-hydrogen) atoms. The van der Waals surface area contributed by atoms with Crippen molar-refractivity contribution in [2.45, 2.75) is 59.9 Å². The van der Waals surface area contributed by atoms with Gasteiger partial charge in [0.2, 0.25) is 0 Å². The lowest BCUT2D eigenvalue weighted by Gasteiger charge is -2.40. The van der Waals surface area contributed by atoms with Gasteiger partial charge < -0.3 is 14.9 Å². The molecule has 0 aliphatic carbocycles. The number of fused-ring (bicyclic) bond motifs is 1. The molecule has 4 heterocycles. The molecule has 2 aliphatic heterocycles. The fraction of sp³-hybridized carbons (Fsp3) is 0.371. The summed E-state index contributed by atoms with van der Waals surface area (Å²) in [4.78, 5) is 30.6. The molecule has 1 fully saturated rings. The number of hydrogen-bond acceptors (Lipinski definition) is 6. The number of piperidine rings is 1. The van der Waals surface area contributed by atoms with Crippen LogP contribution in [-0.2, 0) is 24.2 Å². The molecule has 2 aromatic heterocycles. The Balaban J connectivity index is 1.33. The van der Waals surface area contributed by atoms with Crippen molar-refractivity contribution in [1.29, 1.82) is 0 Å². The molecule has 0 saturated carbocycles. The second-order valence-electron chi connectivity index (χ2n) is 12.6. The summed E-state index contributed by atoms with van der Waals surface area (Å²) in [6, 6.07) is 16.4. The van der Waals surface area contributed by atoms with Gasteiger partial charge >= 0.3 is 5.97 Å². The zero-order chi connectivity index (χ0) is 30.3. The maximum atomic E-state index is 12.0. The zero-order valence-electron chi connectivity index (χ0n) is 25.3. The highest BCUT2D eigenvalue weighted by atomic mass is 35.5. The number of carbonyl (C=O) groups is 1. The minimum Gasteiger partial charge on any atom is -0.481 e. The molecule has 0 atom stereocenters. The number of aliphatic carboxylic acids is 1. The highest BCUT2D eigenvalue weighted by Crippen LogP contribution is 2.42. The van der Waals surface area contributed by atoms with E-state index in [1.54, 1.807) is 6.33 Å². The van der Waals surface area contributed by atoms with Crippen molar-refractivity contribution in [3.63, 3.8) is 0 Å². The Morgan fingerprint density at radius 2 is 1.72 bits per heavy atom. The largest absolute Gasteiger partial charge is 0.481 e. The third kappa shape index (κ3) is 6.09. The number of aromatic nitrogens is 3. The van der Waals surface area contributed by atoms with Gasteiger partial charge in [0.15, 0.2) is 0 Å². The minimum atomic E-state index is -0.827. The maximum Gasteiger partial charge on any atom is 0.307 e. The smallest absolute Gasteiger partial charge is 0.307 e. The van der Waals surface area contributed by atoms with E-state index in [0.29, 0.717) is 5.02 Å². The lowest BCUT2D eigenvalue weighted by atomic mass is 9.82. The fourth-order valence-corrected chi connectivity index (χ4v) is 6.68. The van der Waals surface area contributed by atoms with E-state index in [4.69, 9.17) is 16.6 Å². The Kier molecular flexibility index (Phi) is 7.86. The van der Waals surface area contributed by atoms with Gasteiger partial charge in [0.1, 0.15) is 12.1 Å². The molecular weight excluding hydrogens is 558 g/mol. The summed E-state index contributed by atoms with van der Waals surface area (Å²) in [5.74, 6) is 0.0685. The van der Waals surface area contributed by atoms with Gasteiger partial charge in [-0.25, -0.2) is 9.97 Å². The Morgan fingerprint density at radius 1 is 0.930 bits per heavy atom. The summed E-state index contributed by atoms with van der Waals surface area (Å²) in [6.45, 7) is 12.0. The van der Waals surface area contributed by atoms with Gasteiger partial charge in [0.25, 0.3) is 0 Å². The van der Waals surface area contributed by atoms with Crippen LogP contribution in [0, 0.1) is 19.3 Å². The molecule has 0 unspecified atom stereocenters. The second-order valence-corrected chi connectivity index (χ2v) is 13.1. The average molecular weight is 596 g/mol. The molecule has 0 bridgehead atoms. The second kappa shape index (κ2) is 11.6.